The number of piperidine rings is 1. The first-order valence-corrected chi connectivity index (χ1v) is 8.38. The molecule has 0 bridgehead atoms. The zero-order chi connectivity index (χ0) is 15.9. The van der Waals surface area contributed by atoms with Gasteiger partial charge < -0.3 is 10.3 Å². The fourth-order valence-electron chi connectivity index (χ4n) is 3.52. The number of para-hydroxylation sites is 2. The Kier molecular flexibility index (Phi) is 3.09. The van der Waals surface area contributed by atoms with Crippen molar-refractivity contribution < 1.29 is 0 Å². The van der Waals surface area contributed by atoms with Crippen molar-refractivity contribution in [2.45, 2.75) is 18.8 Å². The highest BCUT2D eigenvalue weighted by molar-refractivity contribution is 5.92. The summed E-state index contributed by atoms with van der Waals surface area (Å²) < 4.78 is 0. The molecule has 0 spiro atoms. The summed E-state index contributed by atoms with van der Waals surface area (Å²) in [5.41, 5.74) is 4.94. The van der Waals surface area contributed by atoms with Gasteiger partial charge in [-0.2, -0.15) is 5.10 Å². The van der Waals surface area contributed by atoms with Crippen LogP contribution < -0.4 is 5.32 Å². The average molecular weight is 318 g/mol. The lowest BCUT2D eigenvalue weighted by atomic mass is 9.93. The van der Waals surface area contributed by atoms with Gasteiger partial charge in [0.25, 0.3) is 0 Å². The molecule has 4 aromatic rings. The van der Waals surface area contributed by atoms with E-state index in [9.17, 15) is 0 Å². The Balaban J connectivity index is 1.62. The summed E-state index contributed by atoms with van der Waals surface area (Å²) in [6.07, 6.45) is 4.17. The van der Waals surface area contributed by atoms with Crippen molar-refractivity contribution in [3.8, 4) is 11.5 Å². The van der Waals surface area contributed by atoms with Crippen LogP contribution in [0, 0.1) is 0 Å². The third-order valence-corrected chi connectivity index (χ3v) is 4.84. The smallest absolute Gasteiger partial charge is 0.159 e. The lowest BCUT2D eigenvalue weighted by Gasteiger charge is -2.21. The number of fused-ring (bicyclic) bond motifs is 2. The van der Waals surface area contributed by atoms with E-state index in [-0.39, 0.29) is 0 Å². The Hall–Kier alpha value is -2.73. The van der Waals surface area contributed by atoms with Crippen LogP contribution in [0.5, 0.6) is 0 Å². The molecule has 1 fully saturated rings. The monoisotopic (exact) mass is 318 g/mol. The van der Waals surface area contributed by atoms with Crippen molar-refractivity contribution in [3.05, 3.63) is 42.2 Å². The molecule has 3 N–H and O–H groups in total. The number of imidazole rings is 1. The Morgan fingerprint density at radius 1 is 1.04 bits per heavy atom. The molecule has 0 aliphatic carbocycles. The van der Waals surface area contributed by atoms with Gasteiger partial charge in [-0.25, -0.2) is 4.98 Å². The number of nitrogens with zero attached hydrogens (tertiary/aromatic N) is 3. The van der Waals surface area contributed by atoms with E-state index in [1.807, 2.05) is 30.5 Å². The standard InChI is InChI=1S/C18H18N6/c1-2-4-14-13(3-1)21-18(22-14)17-12-9-15(11-5-7-19-8-6-11)20-10-16(12)23-24-17/h1-4,9-11,19H,5-8H2,(H,21,22)(H,23,24). The van der Waals surface area contributed by atoms with Crippen molar-refractivity contribution in [2.24, 2.45) is 0 Å². The highest BCUT2D eigenvalue weighted by Crippen LogP contribution is 2.30. The van der Waals surface area contributed by atoms with E-state index < -0.39 is 0 Å². The van der Waals surface area contributed by atoms with Crippen molar-refractivity contribution in [3.63, 3.8) is 0 Å². The third-order valence-electron chi connectivity index (χ3n) is 4.84. The summed E-state index contributed by atoms with van der Waals surface area (Å²) in [7, 11) is 0. The van der Waals surface area contributed by atoms with Gasteiger partial charge in [0.05, 0.1) is 22.7 Å². The zero-order valence-corrected chi connectivity index (χ0v) is 13.2. The largest absolute Gasteiger partial charge is 0.337 e. The molecule has 0 saturated carbocycles. The number of aromatic amines is 2. The van der Waals surface area contributed by atoms with E-state index >= 15 is 0 Å². The molecule has 0 radical (unpaired) electrons. The number of pyridine rings is 1. The zero-order valence-electron chi connectivity index (χ0n) is 13.2. The lowest BCUT2D eigenvalue weighted by Crippen LogP contribution is -2.27. The number of aromatic nitrogens is 5. The molecule has 6 nitrogen and oxygen atoms in total. The second-order valence-corrected chi connectivity index (χ2v) is 6.35. The Morgan fingerprint density at radius 2 is 1.92 bits per heavy atom. The van der Waals surface area contributed by atoms with Crippen LogP contribution >= 0.6 is 0 Å². The molecule has 5 rings (SSSR count). The first-order valence-electron chi connectivity index (χ1n) is 8.38. The van der Waals surface area contributed by atoms with Crippen LogP contribution in [0.1, 0.15) is 24.5 Å². The van der Waals surface area contributed by atoms with Gasteiger partial charge in [0.1, 0.15) is 5.69 Å². The maximum Gasteiger partial charge on any atom is 0.159 e. The summed E-state index contributed by atoms with van der Waals surface area (Å²) in [6, 6.07) is 10.2. The number of hydrogen-bond acceptors (Lipinski definition) is 4. The Bertz CT molecular complexity index is 976. The number of H-pyrrole nitrogens is 2. The maximum absolute atomic E-state index is 4.68. The molecule has 4 heterocycles. The van der Waals surface area contributed by atoms with Gasteiger partial charge in [0.15, 0.2) is 5.82 Å². The quantitative estimate of drug-likeness (QED) is 0.531. The number of nitrogens with one attached hydrogen (secondary N) is 3. The average Bonchev–Trinajstić information content (AvgIpc) is 3.25. The fraction of sp³-hybridized carbons (Fsp3) is 0.278. The highest BCUT2D eigenvalue weighted by Gasteiger charge is 2.19. The molecule has 0 unspecified atom stereocenters. The minimum absolute atomic E-state index is 0.522. The molecular formula is C18H18N6. The van der Waals surface area contributed by atoms with Crippen molar-refractivity contribution in [1.29, 1.82) is 0 Å². The first kappa shape index (κ1) is 13.7. The summed E-state index contributed by atoms with van der Waals surface area (Å²) >= 11 is 0. The minimum Gasteiger partial charge on any atom is -0.337 e. The van der Waals surface area contributed by atoms with E-state index in [0.29, 0.717) is 5.92 Å². The first-order chi connectivity index (χ1) is 11.9. The Labute approximate surface area is 138 Å². The van der Waals surface area contributed by atoms with Gasteiger partial charge >= 0.3 is 0 Å². The highest BCUT2D eigenvalue weighted by atomic mass is 15.1. The van der Waals surface area contributed by atoms with E-state index in [4.69, 9.17) is 0 Å². The minimum atomic E-state index is 0.522. The van der Waals surface area contributed by atoms with Crippen molar-refractivity contribution in [1.82, 2.24) is 30.5 Å². The summed E-state index contributed by atoms with van der Waals surface area (Å²) in [6.45, 7) is 2.12. The van der Waals surface area contributed by atoms with Gasteiger partial charge in [-0.05, 0) is 44.1 Å². The maximum atomic E-state index is 4.68. The molecule has 0 atom stereocenters. The summed E-state index contributed by atoms with van der Waals surface area (Å²) in [5.74, 6) is 1.32. The SMILES string of the molecule is c1ccc2[nH]c(-c3n[nH]c4cnc(C5CCNCC5)cc34)nc2c1. The van der Waals surface area contributed by atoms with Crippen molar-refractivity contribution in [2.75, 3.05) is 13.1 Å². The molecule has 0 amide bonds. The predicted molar refractivity (Wildman–Crippen MR) is 93.8 cm³/mol. The van der Waals surface area contributed by atoms with Crippen LogP contribution in [0.25, 0.3) is 33.5 Å². The molecule has 1 aliphatic rings. The van der Waals surface area contributed by atoms with E-state index in [1.165, 1.54) is 0 Å². The molecule has 1 aromatic carbocycles. The van der Waals surface area contributed by atoms with Crippen LogP contribution in [-0.4, -0.2) is 38.2 Å². The lowest BCUT2D eigenvalue weighted by molar-refractivity contribution is 0.453. The second-order valence-electron chi connectivity index (χ2n) is 6.35. The fourth-order valence-corrected chi connectivity index (χ4v) is 3.52. The number of rotatable bonds is 2. The molecule has 3 aromatic heterocycles. The normalized spacial score (nSPS) is 16.2. The molecule has 6 heteroatoms. The summed E-state index contributed by atoms with van der Waals surface area (Å²) in [5, 5.41) is 12.0. The molecule has 120 valence electrons. The third kappa shape index (κ3) is 2.18. The Morgan fingerprint density at radius 3 is 2.79 bits per heavy atom. The molecular weight excluding hydrogens is 300 g/mol. The predicted octanol–water partition coefficient (Wildman–Crippen LogP) is 2.97. The molecule has 1 saturated heterocycles. The van der Waals surface area contributed by atoms with Crippen LogP contribution in [0.2, 0.25) is 0 Å². The van der Waals surface area contributed by atoms with Crippen LogP contribution in [-0.2, 0) is 0 Å². The van der Waals surface area contributed by atoms with E-state index in [2.05, 4.69) is 36.5 Å². The van der Waals surface area contributed by atoms with Crippen LogP contribution in [0.15, 0.2) is 36.5 Å². The van der Waals surface area contributed by atoms with E-state index in [1.54, 1.807) is 0 Å². The van der Waals surface area contributed by atoms with Crippen LogP contribution in [0.3, 0.4) is 0 Å². The van der Waals surface area contributed by atoms with Crippen LogP contribution in [0.4, 0.5) is 0 Å². The second kappa shape index (κ2) is 5.42. The number of hydrogen-bond donors (Lipinski definition) is 3. The molecule has 1 aliphatic heterocycles. The van der Waals surface area contributed by atoms with Gasteiger partial charge in [-0.1, -0.05) is 12.1 Å². The van der Waals surface area contributed by atoms with Crippen molar-refractivity contribution >= 4 is 21.9 Å². The van der Waals surface area contributed by atoms with Gasteiger partial charge in [-0.15, -0.1) is 0 Å². The van der Waals surface area contributed by atoms with E-state index in [0.717, 1.165) is 65.1 Å². The van der Waals surface area contributed by atoms with Gasteiger partial charge in [0.2, 0.25) is 0 Å². The number of benzene rings is 1. The topological polar surface area (TPSA) is 82.3 Å². The van der Waals surface area contributed by atoms with Gasteiger partial charge in [-0.3, -0.25) is 10.1 Å². The van der Waals surface area contributed by atoms with Gasteiger partial charge in [0, 0.05) is 17.0 Å². The summed E-state index contributed by atoms with van der Waals surface area (Å²) in [4.78, 5) is 12.7. The molecule has 24 heavy (non-hydrogen) atoms.